The van der Waals surface area contributed by atoms with Crippen LogP contribution in [0.5, 0.6) is 5.75 Å². The van der Waals surface area contributed by atoms with Crippen LogP contribution in [0.4, 0.5) is 0 Å². The Bertz CT molecular complexity index is 1190. The Balaban J connectivity index is 1.67. The van der Waals surface area contributed by atoms with Crippen molar-refractivity contribution in [1.29, 1.82) is 5.26 Å². The summed E-state index contributed by atoms with van der Waals surface area (Å²) in [6.07, 6.45) is -0.284. The van der Waals surface area contributed by atoms with Crippen molar-refractivity contribution in [3.05, 3.63) is 87.7 Å². The second kappa shape index (κ2) is 9.43. The van der Waals surface area contributed by atoms with Crippen LogP contribution in [0, 0.1) is 11.3 Å². The lowest BCUT2D eigenvalue weighted by molar-refractivity contribution is -0.143. The van der Waals surface area contributed by atoms with E-state index in [1.807, 2.05) is 54.6 Å². The molecular formula is C25H24N4O3S. The number of benzene rings is 2. The van der Waals surface area contributed by atoms with E-state index in [9.17, 15) is 10.1 Å². The van der Waals surface area contributed by atoms with Gasteiger partial charge < -0.3 is 15.2 Å². The molecule has 2 heterocycles. The minimum atomic E-state index is -0.565. The lowest BCUT2D eigenvalue weighted by atomic mass is 9.94. The first kappa shape index (κ1) is 22.5. The zero-order valence-corrected chi connectivity index (χ0v) is 19.4. The molecule has 168 valence electrons. The molecule has 0 fully saturated rings. The Morgan fingerprint density at radius 1 is 1.21 bits per heavy atom. The fourth-order valence-corrected chi connectivity index (χ4v) is 4.60. The summed E-state index contributed by atoms with van der Waals surface area (Å²) in [4.78, 5) is 19.7. The molecule has 2 N–H and O–H groups in total. The van der Waals surface area contributed by atoms with Crippen molar-refractivity contribution in [3.63, 3.8) is 0 Å². The zero-order valence-electron chi connectivity index (χ0n) is 18.6. The van der Waals surface area contributed by atoms with Crippen molar-refractivity contribution < 1.29 is 14.3 Å². The number of carbonyl (C=O) groups excluding carboxylic acids is 1. The van der Waals surface area contributed by atoms with Gasteiger partial charge in [-0.15, -0.1) is 0 Å². The van der Waals surface area contributed by atoms with Gasteiger partial charge in [-0.2, -0.15) is 5.26 Å². The van der Waals surface area contributed by atoms with Crippen LogP contribution in [0.2, 0.25) is 0 Å². The highest BCUT2D eigenvalue weighted by atomic mass is 32.2. The van der Waals surface area contributed by atoms with Gasteiger partial charge in [0.2, 0.25) is 0 Å². The monoisotopic (exact) mass is 460 g/mol. The van der Waals surface area contributed by atoms with Crippen molar-refractivity contribution in [3.8, 4) is 11.8 Å². The minimum Gasteiger partial charge on any atom is -0.489 e. The molecule has 2 aromatic carbocycles. The van der Waals surface area contributed by atoms with Crippen LogP contribution in [0.25, 0.3) is 0 Å². The first-order valence-corrected chi connectivity index (χ1v) is 11.3. The standard InChI is InChI=1S/C25H24N4O3S/c1-15(2)32-24(30)21-16(3)28-25-29(23(27)20(13-26)33-25)22(21)18-9-11-19(12-10-18)31-14-17-7-5-4-6-8-17/h4-12,15,22H,14,27H2,1-3H3/t22-/m0/s1. The Morgan fingerprint density at radius 3 is 2.55 bits per heavy atom. The number of carbonyl (C=O) groups is 1. The van der Waals surface area contributed by atoms with Crippen molar-refractivity contribution in [2.45, 2.75) is 39.5 Å². The molecule has 2 aliphatic heterocycles. The molecule has 0 amide bonds. The normalized spacial score (nSPS) is 17.6. The Labute approximate surface area is 197 Å². The molecule has 4 rings (SSSR count). The number of nitrogens with zero attached hydrogens (tertiary/aromatic N) is 3. The van der Waals surface area contributed by atoms with Crippen LogP contribution in [0.15, 0.2) is 81.6 Å². The Morgan fingerprint density at radius 2 is 1.91 bits per heavy atom. The van der Waals surface area contributed by atoms with Crippen LogP contribution in [0.3, 0.4) is 0 Å². The van der Waals surface area contributed by atoms with Gasteiger partial charge in [-0.05, 0) is 55.8 Å². The van der Waals surface area contributed by atoms with Gasteiger partial charge in [0.25, 0.3) is 0 Å². The number of hydrogen-bond donors (Lipinski definition) is 1. The number of amidine groups is 1. The topological polar surface area (TPSA) is 101 Å². The van der Waals surface area contributed by atoms with E-state index in [0.29, 0.717) is 33.7 Å². The van der Waals surface area contributed by atoms with E-state index in [1.165, 1.54) is 11.8 Å². The Hall–Kier alpha value is -3.70. The third-order valence-electron chi connectivity index (χ3n) is 5.18. The molecule has 8 heteroatoms. The summed E-state index contributed by atoms with van der Waals surface area (Å²) in [6, 6.07) is 19.0. The average molecular weight is 461 g/mol. The van der Waals surface area contributed by atoms with Gasteiger partial charge in [-0.3, -0.25) is 4.90 Å². The van der Waals surface area contributed by atoms with Crippen LogP contribution in [0.1, 0.15) is 37.9 Å². The van der Waals surface area contributed by atoms with E-state index < -0.39 is 12.0 Å². The molecule has 0 saturated carbocycles. The second-order valence-electron chi connectivity index (χ2n) is 7.89. The molecule has 7 nitrogen and oxygen atoms in total. The zero-order chi connectivity index (χ0) is 23.5. The molecule has 33 heavy (non-hydrogen) atoms. The molecule has 2 aromatic rings. The number of nitriles is 1. The number of aliphatic imine (C=N–C) groups is 1. The van der Waals surface area contributed by atoms with E-state index >= 15 is 0 Å². The SMILES string of the molecule is CC1=C(C(=O)OC(C)C)[C@H](c2ccc(OCc3ccccc3)cc2)N2C(=N1)SC(C#N)=C2N. The van der Waals surface area contributed by atoms with E-state index in [1.54, 1.807) is 25.7 Å². The minimum absolute atomic E-state index is 0.276. The quantitative estimate of drug-likeness (QED) is 0.629. The molecule has 0 unspecified atom stereocenters. The first-order valence-electron chi connectivity index (χ1n) is 10.5. The van der Waals surface area contributed by atoms with Crippen LogP contribution in [-0.2, 0) is 16.1 Å². The average Bonchev–Trinajstić information content (AvgIpc) is 3.12. The van der Waals surface area contributed by atoms with Crippen molar-refractivity contribution in [2.24, 2.45) is 10.7 Å². The van der Waals surface area contributed by atoms with Crippen molar-refractivity contribution >= 4 is 22.9 Å². The van der Waals surface area contributed by atoms with E-state index in [2.05, 4.69) is 11.1 Å². The summed E-state index contributed by atoms with van der Waals surface area (Å²) >= 11 is 1.20. The van der Waals surface area contributed by atoms with Gasteiger partial charge in [0.05, 0.1) is 23.4 Å². The number of nitrogens with two attached hydrogens (primary N) is 1. The molecule has 0 bridgehead atoms. The Kier molecular flexibility index (Phi) is 6.43. The van der Waals surface area contributed by atoms with Crippen molar-refractivity contribution in [1.82, 2.24) is 4.90 Å². The summed E-state index contributed by atoms with van der Waals surface area (Å²) in [5.41, 5.74) is 9.13. The van der Waals surface area contributed by atoms with Gasteiger partial charge >= 0.3 is 5.97 Å². The predicted molar refractivity (Wildman–Crippen MR) is 128 cm³/mol. The largest absolute Gasteiger partial charge is 0.489 e. The van der Waals surface area contributed by atoms with Crippen LogP contribution >= 0.6 is 11.8 Å². The second-order valence-corrected chi connectivity index (χ2v) is 8.87. The van der Waals surface area contributed by atoms with Gasteiger partial charge in [0.1, 0.15) is 29.2 Å². The number of esters is 1. The summed E-state index contributed by atoms with van der Waals surface area (Å²) in [6.45, 7) is 5.82. The number of ether oxygens (including phenoxy) is 2. The summed E-state index contributed by atoms with van der Waals surface area (Å²) in [5, 5.41) is 10.0. The number of hydrogen-bond acceptors (Lipinski definition) is 8. The molecular weight excluding hydrogens is 436 g/mol. The molecule has 0 saturated heterocycles. The van der Waals surface area contributed by atoms with Crippen molar-refractivity contribution in [2.75, 3.05) is 0 Å². The van der Waals surface area contributed by atoms with Gasteiger partial charge in [0, 0.05) is 0 Å². The summed E-state index contributed by atoms with van der Waals surface area (Å²) in [7, 11) is 0. The number of allylic oxidation sites excluding steroid dienone is 2. The third-order valence-corrected chi connectivity index (χ3v) is 6.16. The lowest BCUT2D eigenvalue weighted by Gasteiger charge is -2.35. The molecule has 1 atom stereocenters. The molecule has 0 spiro atoms. The van der Waals surface area contributed by atoms with Gasteiger partial charge in [0.15, 0.2) is 5.17 Å². The molecule has 0 aromatic heterocycles. The molecule has 0 aliphatic carbocycles. The van der Waals surface area contributed by atoms with Crippen LogP contribution in [-0.4, -0.2) is 22.1 Å². The molecule has 0 radical (unpaired) electrons. The lowest BCUT2D eigenvalue weighted by Crippen LogP contribution is -2.39. The molecule has 2 aliphatic rings. The highest BCUT2D eigenvalue weighted by Crippen LogP contribution is 2.45. The van der Waals surface area contributed by atoms with Gasteiger partial charge in [-0.1, -0.05) is 42.5 Å². The number of thioether (sulfide) groups is 1. The van der Waals surface area contributed by atoms with E-state index in [4.69, 9.17) is 15.2 Å². The fraction of sp³-hybridized carbons (Fsp3) is 0.240. The smallest absolute Gasteiger partial charge is 0.338 e. The maximum atomic E-state index is 13.0. The maximum Gasteiger partial charge on any atom is 0.338 e. The van der Waals surface area contributed by atoms with E-state index in [0.717, 1.165) is 11.1 Å². The highest BCUT2D eigenvalue weighted by molar-refractivity contribution is 8.17. The number of rotatable bonds is 6. The maximum absolute atomic E-state index is 13.0. The van der Waals surface area contributed by atoms with Crippen LogP contribution < -0.4 is 10.5 Å². The number of fused-ring (bicyclic) bond motifs is 1. The van der Waals surface area contributed by atoms with Gasteiger partial charge in [-0.25, -0.2) is 9.79 Å². The van der Waals surface area contributed by atoms with E-state index in [-0.39, 0.29) is 11.9 Å². The fourth-order valence-electron chi connectivity index (χ4n) is 3.68. The summed E-state index contributed by atoms with van der Waals surface area (Å²) < 4.78 is 11.4. The summed E-state index contributed by atoms with van der Waals surface area (Å²) in [5.74, 6) is 0.525. The highest BCUT2D eigenvalue weighted by Gasteiger charge is 2.42. The predicted octanol–water partition coefficient (Wildman–Crippen LogP) is 4.60. The first-order chi connectivity index (χ1) is 15.9. The third kappa shape index (κ3) is 4.59.